The van der Waals surface area contributed by atoms with Crippen molar-refractivity contribution in [1.29, 1.82) is 0 Å². The Morgan fingerprint density at radius 1 is 0.452 bits per heavy atom. The Morgan fingerprint density at radius 2 is 0.786 bits per heavy atom. The zero-order valence-electron chi connectivity index (χ0n) is 28.2. The molecule has 248 valence electrons. The van der Waals surface area contributed by atoms with Crippen LogP contribution in [-0.4, -0.2) is 37.2 Å². The molecule has 0 N–H and O–H groups in total. The summed E-state index contributed by atoms with van der Waals surface area (Å²) in [5, 5.41) is 0. The Balaban J connectivity index is 4.31. The first-order valence-electron chi connectivity index (χ1n) is 17.9. The van der Waals surface area contributed by atoms with Gasteiger partial charge in [-0.2, -0.15) is 0 Å². The van der Waals surface area contributed by atoms with E-state index in [2.05, 4.69) is 27.7 Å². The van der Waals surface area contributed by atoms with E-state index in [1.807, 2.05) is 0 Å². The molecule has 0 saturated heterocycles. The van der Waals surface area contributed by atoms with Crippen molar-refractivity contribution in [3.05, 3.63) is 0 Å². The normalized spacial score (nSPS) is 11.9. The quantitative estimate of drug-likeness (QED) is 0.0450. The monoisotopic (exact) mass is 597 g/mol. The van der Waals surface area contributed by atoms with Gasteiger partial charge >= 0.3 is 17.9 Å². The van der Waals surface area contributed by atoms with Crippen molar-refractivity contribution in [1.82, 2.24) is 0 Å². The number of esters is 3. The van der Waals surface area contributed by atoms with Crippen molar-refractivity contribution < 1.29 is 28.6 Å². The molecule has 0 bridgehead atoms. The third-order valence-electron chi connectivity index (χ3n) is 7.79. The van der Waals surface area contributed by atoms with Gasteiger partial charge in [-0.15, -0.1) is 0 Å². The van der Waals surface area contributed by atoms with Gasteiger partial charge in [-0.3, -0.25) is 14.4 Å². The van der Waals surface area contributed by atoms with Gasteiger partial charge in [0.1, 0.15) is 13.2 Å². The van der Waals surface area contributed by atoms with Crippen molar-refractivity contribution in [2.75, 3.05) is 13.2 Å². The van der Waals surface area contributed by atoms with Crippen LogP contribution in [-0.2, 0) is 28.6 Å². The van der Waals surface area contributed by atoms with Gasteiger partial charge in [-0.1, -0.05) is 150 Å². The summed E-state index contributed by atoms with van der Waals surface area (Å²) in [6.45, 7) is 8.80. The Morgan fingerprint density at radius 3 is 1.17 bits per heavy atom. The summed E-state index contributed by atoms with van der Waals surface area (Å²) < 4.78 is 16.4. The predicted octanol–water partition coefficient (Wildman–Crippen LogP) is 10.4. The molecule has 0 unspecified atom stereocenters. The standard InChI is InChI=1S/C36H68O6/c1-5-7-9-11-12-13-16-21-25-29-36(39)42-33(30-40-34(37)27-23-18-10-8-6-2)31-41-35(38)28-24-20-17-14-15-19-22-26-32(3)4/h32-33H,5-31H2,1-4H3/t33-/m0/s1. The summed E-state index contributed by atoms with van der Waals surface area (Å²) in [4.78, 5) is 37.0. The number of ether oxygens (including phenoxy) is 3. The van der Waals surface area contributed by atoms with Gasteiger partial charge in [-0.05, 0) is 25.2 Å². The number of rotatable bonds is 31. The van der Waals surface area contributed by atoms with Gasteiger partial charge < -0.3 is 14.2 Å². The molecule has 0 aliphatic carbocycles. The predicted molar refractivity (Wildman–Crippen MR) is 173 cm³/mol. The molecule has 0 aliphatic heterocycles. The van der Waals surface area contributed by atoms with E-state index in [0.717, 1.165) is 70.1 Å². The average Bonchev–Trinajstić information content (AvgIpc) is 2.96. The van der Waals surface area contributed by atoms with E-state index in [1.54, 1.807) is 0 Å². The second-order valence-electron chi connectivity index (χ2n) is 12.6. The Labute approximate surface area is 259 Å². The Kier molecular flexibility index (Phi) is 29.7. The van der Waals surface area contributed by atoms with Crippen LogP contribution in [0.2, 0.25) is 0 Å². The van der Waals surface area contributed by atoms with Crippen LogP contribution in [0.1, 0.15) is 188 Å². The molecule has 0 heterocycles. The lowest BCUT2D eigenvalue weighted by atomic mass is 10.0. The van der Waals surface area contributed by atoms with Crippen molar-refractivity contribution in [3.8, 4) is 0 Å². The molecule has 0 aromatic heterocycles. The Bertz CT molecular complexity index is 632. The van der Waals surface area contributed by atoms with E-state index in [9.17, 15) is 14.4 Å². The zero-order chi connectivity index (χ0) is 31.1. The summed E-state index contributed by atoms with van der Waals surface area (Å²) in [5.74, 6) is -0.106. The van der Waals surface area contributed by atoms with Crippen LogP contribution in [0.25, 0.3) is 0 Å². The zero-order valence-corrected chi connectivity index (χ0v) is 28.2. The number of carbonyl (C=O) groups excluding carboxylic acids is 3. The minimum Gasteiger partial charge on any atom is -0.462 e. The molecule has 42 heavy (non-hydrogen) atoms. The first kappa shape index (κ1) is 40.4. The summed E-state index contributed by atoms with van der Waals surface area (Å²) in [5.41, 5.74) is 0. The molecule has 0 saturated carbocycles. The van der Waals surface area contributed by atoms with E-state index < -0.39 is 6.10 Å². The van der Waals surface area contributed by atoms with Crippen molar-refractivity contribution in [3.63, 3.8) is 0 Å². The molecular formula is C36H68O6. The third-order valence-corrected chi connectivity index (χ3v) is 7.79. The van der Waals surface area contributed by atoms with Crippen LogP contribution in [0, 0.1) is 5.92 Å². The molecule has 1 atom stereocenters. The smallest absolute Gasteiger partial charge is 0.306 e. The van der Waals surface area contributed by atoms with Crippen LogP contribution in [0.15, 0.2) is 0 Å². The average molecular weight is 597 g/mol. The number of hydrogen-bond donors (Lipinski definition) is 0. The van der Waals surface area contributed by atoms with Crippen LogP contribution in [0.4, 0.5) is 0 Å². The molecular weight excluding hydrogens is 528 g/mol. The van der Waals surface area contributed by atoms with Gasteiger partial charge in [0.2, 0.25) is 0 Å². The number of hydrogen-bond acceptors (Lipinski definition) is 6. The highest BCUT2D eigenvalue weighted by atomic mass is 16.6. The van der Waals surface area contributed by atoms with Gasteiger partial charge in [0.15, 0.2) is 6.10 Å². The number of carbonyl (C=O) groups is 3. The van der Waals surface area contributed by atoms with E-state index in [-0.39, 0.29) is 31.1 Å². The maximum atomic E-state index is 12.5. The maximum absolute atomic E-state index is 12.5. The molecule has 0 amide bonds. The van der Waals surface area contributed by atoms with E-state index in [0.29, 0.717) is 19.3 Å². The summed E-state index contributed by atoms with van der Waals surface area (Å²) in [6, 6.07) is 0. The second-order valence-corrected chi connectivity index (χ2v) is 12.6. The lowest BCUT2D eigenvalue weighted by Gasteiger charge is -2.18. The van der Waals surface area contributed by atoms with E-state index in [1.165, 1.54) is 77.0 Å². The molecule has 0 fully saturated rings. The summed E-state index contributed by atoms with van der Waals surface area (Å²) >= 11 is 0. The molecule has 0 aromatic carbocycles. The third kappa shape index (κ3) is 29.9. The highest BCUT2D eigenvalue weighted by Crippen LogP contribution is 2.14. The minimum absolute atomic E-state index is 0.0675. The van der Waals surface area contributed by atoms with Crippen LogP contribution >= 0.6 is 0 Å². The van der Waals surface area contributed by atoms with E-state index in [4.69, 9.17) is 14.2 Å². The molecule has 0 aliphatic rings. The van der Waals surface area contributed by atoms with Crippen molar-refractivity contribution in [2.24, 2.45) is 5.92 Å². The van der Waals surface area contributed by atoms with Gasteiger partial charge in [-0.25, -0.2) is 0 Å². The fourth-order valence-corrected chi connectivity index (χ4v) is 5.04. The van der Waals surface area contributed by atoms with Crippen molar-refractivity contribution in [2.45, 2.75) is 194 Å². The second kappa shape index (κ2) is 30.9. The topological polar surface area (TPSA) is 78.9 Å². The van der Waals surface area contributed by atoms with Crippen LogP contribution < -0.4 is 0 Å². The van der Waals surface area contributed by atoms with Gasteiger partial charge in [0.05, 0.1) is 0 Å². The summed E-state index contributed by atoms with van der Waals surface area (Å²) in [7, 11) is 0. The van der Waals surface area contributed by atoms with Gasteiger partial charge in [0, 0.05) is 19.3 Å². The Hall–Kier alpha value is -1.59. The molecule has 0 rings (SSSR count). The van der Waals surface area contributed by atoms with Gasteiger partial charge in [0.25, 0.3) is 0 Å². The maximum Gasteiger partial charge on any atom is 0.306 e. The fraction of sp³-hybridized carbons (Fsp3) is 0.917. The van der Waals surface area contributed by atoms with Crippen LogP contribution in [0.5, 0.6) is 0 Å². The summed E-state index contributed by atoms with van der Waals surface area (Å²) in [6.07, 6.45) is 25.5. The molecule has 0 spiro atoms. The van der Waals surface area contributed by atoms with E-state index >= 15 is 0 Å². The highest BCUT2D eigenvalue weighted by molar-refractivity contribution is 5.71. The lowest BCUT2D eigenvalue weighted by Crippen LogP contribution is -2.30. The molecule has 6 nitrogen and oxygen atoms in total. The largest absolute Gasteiger partial charge is 0.462 e. The van der Waals surface area contributed by atoms with Crippen LogP contribution in [0.3, 0.4) is 0 Å². The molecule has 6 heteroatoms. The lowest BCUT2D eigenvalue weighted by molar-refractivity contribution is -0.167. The fourth-order valence-electron chi connectivity index (χ4n) is 5.04. The minimum atomic E-state index is -0.755. The molecule has 0 aromatic rings. The first-order chi connectivity index (χ1) is 20.4. The first-order valence-corrected chi connectivity index (χ1v) is 17.9. The number of unbranched alkanes of at least 4 members (excludes halogenated alkanes) is 18. The van der Waals surface area contributed by atoms with Crippen molar-refractivity contribution >= 4 is 17.9 Å². The molecule has 0 radical (unpaired) electrons. The SMILES string of the molecule is CCCCCCCCCCCC(=O)O[C@@H](COC(=O)CCCCCCC)COC(=O)CCCCCCCCCC(C)C. The highest BCUT2D eigenvalue weighted by Gasteiger charge is 2.19.